The fraction of sp³-hybridized carbons (Fsp3) is 0.900. The molecule has 0 aliphatic heterocycles. The SMILES string of the molecule is COC(C)CS(=O)(=O)NC(C)(C)CCC(=O)O. The van der Waals surface area contributed by atoms with Crippen LogP contribution in [0.5, 0.6) is 0 Å². The Hall–Kier alpha value is -0.660. The molecule has 0 aromatic heterocycles. The van der Waals surface area contributed by atoms with Gasteiger partial charge in [0.1, 0.15) is 0 Å². The number of carboxylic acid groups (broad SMARTS) is 1. The minimum absolute atomic E-state index is 0.0741. The molecule has 0 amide bonds. The van der Waals surface area contributed by atoms with Gasteiger partial charge in [-0.25, -0.2) is 13.1 Å². The first-order valence-electron chi connectivity index (χ1n) is 5.34. The molecule has 0 rings (SSSR count). The van der Waals surface area contributed by atoms with Crippen LogP contribution < -0.4 is 4.72 Å². The van der Waals surface area contributed by atoms with Gasteiger partial charge < -0.3 is 9.84 Å². The predicted octanol–water partition coefficient (Wildman–Crippen LogP) is 0.584. The Kier molecular flexibility index (Phi) is 6.08. The van der Waals surface area contributed by atoms with Gasteiger partial charge in [0.25, 0.3) is 0 Å². The molecule has 0 heterocycles. The topological polar surface area (TPSA) is 92.7 Å². The molecule has 0 spiro atoms. The molecule has 0 aliphatic carbocycles. The highest BCUT2D eigenvalue weighted by atomic mass is 32.2. The Bertz CT molecular complexity index is 350. The van der Waals surface area contributed by atoms with Gasteiger partial charge in [-0.1, -0.05) is 0 Å². The highest BCUT2D eigenvalue weighted by Crippen LogP contribution is 2.13. The average Bonchev–Trinajstić information content (AvgIpc) is 2.12. The predicted molar refractivity (Wildman–Crippen MR) is 64.3 cm³/mol. The second-order valence-electron chi connectivity index (χ2n) is 4.71. The van der Waals surface area contributed by atoms with Crippen LogP contribution in [0.25, 0.3) is 0 Å². The van der Waals surface area contributed by atoms with Crippen molar-refractivity contribution in [2.45, 2.75) is 45.3 Å². The van der Waals surface area contributed by atoms with Gasteiger partial charge in [0.2, 0.25) is 10.0 Å². The molecule has 2 N–H and O–H groups in total. The summed E-state index contributed by atoms with van der Waals surface area (Å²) in [4.78, 5) is 10.4. The fourth-order valence-corrected chi connectivity index (χ4v) is 3.09. The van der Waals surface area contributed by atoms with E-state index >= 15 is 0 Å². The van der Waals surface area contributed by atoms with Crippen LogP contribution in [0.15, 0.2) is 0 Å². The molecular weight excluding hydrogens is 246 g/mol. The molecule has 0 bridgehead atoms. The highest BCUT2D eigenvalue weighted by molar-refractivity contribution is 7.89. The van der Waals surface area contributed by atoms with E-state index in [0.717, 1.165) is 0 Å². The zero-order valence-electron chi connectivity index (χ0n) is 10.7. The Morgan fingerprint density at radius 1 is 1.47 bits per heavy atom. The van der Waals surface area contributed by atoms with E-state index in [1.807, 2.05) is 0 Å². The van der Waals surface area contributed by atoms with Crippen molar-refractivity contribution in [3.05, 3.63) is 0 Å². The number of nitrogens with one attached hydrogen (secondary N) is 1. The smallest absolute Gasteiger partial charge is 0.303 e. The maximum atomic E-state index is 11.7. The lowest BCUT2D eigenvalue weighted by molar-refractivity contribution is -0.137. The molecular formula is C10H21NO5S. The van der Waals surface area contributed by atoms with Crippen LogP contribution in [0.2, 0.25) is 0 Å². The number of ether oxygens (including phenoxy) is 1. The van der Waals surface area contributed by atoms with E-state index in [1.165, 1.54) is 7.11 Å². The van der Waals surface area contributed by atoms with Gasteiger partial charge in [0, 0.05) is 19.1 Å². The molecule has 0 radical (unpaired) electrons. The number of hydrogen-bond acceptors (Lipinski definition) is 4. The average molecular weight is 267 g/mol. The van der Waals surface area contributed by atoms with Gasteiger partial charge in [-0.3, -0.25) is 4.79 Å². The number of rotatable bonds is 8. The zero-order chi connectivity index (χ0) is 13.7. The number of sulfonamides is 1. The minimum Gasteiger partial charge on any atom is -0.481 e. The van der Waals surface area contributed by atoms with E-state index in [-0.39, 0.29) is 18.6 Å². The third kappa shape index (κ3) is 8.12. The molecule has 1 atom stereocenters. The van der Waals surface area contributed by atoms with Gasteiger partial charge in [-0.15, -0.1) is 0 Å². The van der Waals surface area contributed by atoms with Crippen molar-refractivity contribution < 1.29 is 23.1 Å². The molecule has 17 heavy (non-hydrogen) atoms. The summed E-state index contributed by atoms with van der Waals surface area (Å²) < 4.78 is 30.8. The van der Waals surface area contributed by atoms with Gasteiger partial charge >= 0.3 is 5.97 Å². The molecule has 6 nitrogen and oxygen atoms in total. The van der Waals surface area contributed by atoms with E-state index in [0.29, 0.717) is 0 Å². The van der Waals surface area contributed by atoms with Crippen molar-refractivity contribution in [2.75, 3.05) is 12.9 Å². The summed E-state index contributed by atoms with van der Waals surface area (Å²) in [5.41, 5.74) is -0.773. The second kappa shape index (κ2) is 6.32. The van der Waals surface area contributed by atoms with Crippen LogP contribution in [0.1, 0.15) is 33.6 Å². The van der Waals surface area contributed by atoms with Gasteiger partial charge in [-0.2, -0.15) is 0 Å². The summed E-state index contributed by atoms with van der Waals surface area (Å²) in [6.45, 7) is 4.97. The maximum absolute atomic E-state index is 11.7. The van der Waals surface area contributed by atoms with Crippen molar-refractivity contribution in [2.24, 2.45) is 0 Å². The Labute approximate surface area is 102 Å². The van der Waals surface area contributed by atoms with Crippen LogP contribution in [-0.4, -0.2) is 44.0 Å². The van der Waals surface area contributed by atoms with Gasteiger partial charge in [0.15, 0.2) is 0 Å². The number of carboxylic acids is 1. The molecule has 0 fully saturated rings. The lowest BCUT2D eigenvalue weighted by Gasteiger charge is -2.26. The Morgan fingerprint density at radius 3 is 2.41 bits per heavy atom. The minimum atomic E-state index is -3.47. The normalized spacial score (nSPS) is 14.6. The molecule has 0 aromatic carbocycles. The summed E-state index contributed by atoms with van der Waals surface area (Å²) in [6, 6.07) is 0. The van der Waals surface area contributed by atoms with E-state index in [4.69, 9.17) is 9.84 Å². The number of aliphatic carboxylic acids is 1. The van der Waals surface area contributed by atoms with Crippen molar-refractivity contribution in [1.29, 1.82) is 0 Å². The largest absolute Gasteiger partial charge is 0.481 e. The molecule has 7 heteroatoms. The number of hydrogen-bond donors (Lipinski definition) is 2. The van der Waals surface area contributed by atoms with Crippen molar-refractivity contribution >= 4 is 16.0 Å². The molecule has 102 valence electrons. The first kappa shape index (κ1) is 16.3. The van der Waals surface area contributed by atoms with E-state index < -0.39 is 27.6 Å². The van der Waals surface area contributed by atoms with Gasteiger partial charge in [0.05, 0.1) is 11.9 Å². The monoisotopic (exact) mass is 267 g/mol. The number of methoxy groups -OCH3 is 1. The maximum Gasteiger partial charge on any atom is 0.303 e. The summed E-state index contributed by atoms with van der Waals surface area (Å²) >= 11 is 0. The summed E-state index contributed by atoms with van der Waals surface area (Å²) in [5.74, 6) is -1.08. The van der Waals surface area contributed by atoms with Crippen molar-refractivity contribution in [3.8, 4) is 0 Å². The van der Waals surface area contributed by atoms with E-state index in [2.05, 4.69) is 4.72 Å². The number of carbonyl (C=O) groups is 1. The van der Waals surface area contributed by atoms with Crippen molar-refractivity contribution in [1.82, 2.24) is 4.72 Å². The second-order valence-corrected chi connectivity index (χ2v) is 6.47. The van der Waals surface area contributed by atoms with Gasteiger partial charge in [-0.05, 0) is 27.2 Å². The third-order valence-corrected chi connectivity index (χ3v) is 4.02. The summed E-state index contributed by atoms with van der Waals surface area (Å²) in [7, 11) is -2.03. The van der Waals surface area contributed by atoms with Crippen LogP contribution in [0, 0.1) is 0 Å². The Balaban J connectivity index is 4.43. The molecule has 0 aliphatic rings. The van der Waals surface area contributed by atoms with Crippen LogP contribution in [-0.2, 0) is 19.6 Å². The standard InChI is InChI=1S/C10H21NO5S/c1-8(16-4)7-17(14,15)11-10(2,3)6-5-9(12)13/h8,11H,5-7H2,1-4H3,(H,12,13). The lowest BCUT2D eigenvalue weighted by Crippen LogP contribution is -2.46. The van der Waals surface area contributed by atoms with Crippen LogP contribution in [0.3, 0.4) is 0 Å². The molecule has 0 aromatic rings. The van der Waals surface area contributed by atoms with Crippen LogP contribution >= 0.6 is 0 Å². The lowest BCUT2D eigenvalue weighted by atomic mass is 10.0. The summed E-state index contributed by atoms with van der Waals surface area (Å²) in [6.07, 6.45) is -0.235. The first-order valence-corrected chi connectivity index (χ1v) is 6.99. The molecule has 1 unspecified atom stereocenters. The third-order valence-electron chi connectivity index (χ3n) is 2.25. The highest BCUT2D eigenvalue weighted by Gasteiger charge is 2.26. The van der Waals surface area contributed by atoms with Crippen LogP contribution in [0.4, 0.5) is 0 Å². The fourth-order valence-electron chi connectivity index (χ4n) is 1.31. The zero-order valence-corrected chi connectivity index (χ0v) is 11.5. The molecule has 0 saturated heterocycles. The molecule has 0 saturated carbocycles. The van der Waals surface area contributed by atoms with E-state index in [1.54, 1.807) is 20.8 Å². The van der Waals surface area contributed by atoms with Crippen molar-refractivity contribution in [3.63, 3.8) is 0 Å². The quantitative estimate of drug-likeness (QED) is 0.671. The summed E-state index contributed by atoms with van der Waals surface area (Å²) in [5, 5.41) is 8.56. The first-order chi connectivity index (χ1) is 7.58. The Morgan fingerprint density at radius 2 is 2.00 bits per heavy atom. The van der Waals surface area contributed by atoms with E-state index in [9.17, 15) is 13.2 Å².